The summed E-state index contributed by atoms with van der Waals surface area (Å²) in [4.78, 5) is 14.3. The van der Waals surface area contributed by atoms with Crippen molar-refractivity contribution >= 4 is 28.1 Å². The van der Waals surface area contributed by atoms with Crippen molar-refractivity contribution < 1.29 is 22.7 Å². The number of ether oxygens (including phenoxy) is 1. The van der Waals surface area contributed by atoms with E-state index in [4.69, 9.17) is 4.74 Å². The van der Waals surface area contributed by atoms with Gasteiger partial charge in [-0.25, -0.2) is 13.2 Å². The molecule has 35 heavy (non-hydrogen) atoms. The van der Waals surface area contributed by atoms with Crippen molar-refractivity contribution in [3.63, 3.8) is 0 Å². The summed E-state index contributed by atoms with van der Waals surface area (Å²) in [5.41, 5.74) is 2.96. The van der Waals surface area contributed by atoms with Crippen LogP contribution in [0.15, 0.2) is 48.7 Å². The van der Waals surface area contributed by atoms with Crippen molar-refractivity contribution in [3.05, 3.63) is 71.2 Å². The molecule has 0 aliphatic carbocycles. The predicted molar refractivity (Wildman–Crippen MR) is 126 cm³/mol. The van der Waals surface area contributed by atoms with Gasteiger partial charge in [-0.1, -0.05) is 30.3 Å². The Morgan fingerprint density at radius 1 is 1.20 bits per heavy atom. The topological polar surface area (TPSA) is 67.4 Å². The molecular weight excluding hydrogens is 457 g/mol. The maximum absolute atomic E-state index is 14.7. The highest BCUT2D eigenvalue weighted by Gasteiger charge is 2.31. The number of halogens is 3. The van der Waals surface area contributed by atoms with E-state index in [2.05, 4.69) is 21.6 Å². The quantitative estimate of drug-likeness (QED) is 0.527. The zero-order valence-electron chi connectivity index (χ0n) is 19.2. The smallest absolute Gasteiger partial charge is 0.266 e. The Labute approximate surface area is 200 Å². The number of anilines is 1. The Morgan fingerprint density at radius 2 is 2.00 bits per heavy atom. The van der Waals surface area contributed by atoms with Crippen LogP contribution in [0.3, 0.4) is 0 Å². The number of amides is 1. The van der Waals surface area contributed by atoms with Gasteiger partial charge in [-0.05, 0) is 36.6 Å². The van der Waals surface area contributed by atoms with E-state index >= 15 is 0 Å². The van der Waals surface area contributed by atoms with Crippen LogP contribution in [0.2, 0.25) is 0 Å². The summed E-state index contributed by atoms with van der Waals surface area (Å²) in [7, 11) is 0. The van der Waals surface area contributed by atoms with Gasteiger partial charge in [-0.3, -0.25) is 4.79 Å². The molecule has 1 atom stereocenters. The van der Waals surface area contributed by atoms with Crippen LogP contribution >= 0.6 is 0 Å². The molecule has 0 bridgehead atoms. The summed E-state index contributed by atoms with van der Waals surface area (Å²) >= 11 is 0. The van der Waals surface area contributed by atoms with Gasteiger partial charge in [-0.15, -0.1) is 0 Å². The Balaban J connectivity index is 1.39. The molecule has 1 N–H and O–H groups in total. The van der Waals surface area contributed by atoms with E-state index in [-0.39, 0.29) is 17.4 Å². The number of rotatable bonds is 6. The fraction of sp³-hybridized carbons (Fsp3) is 0.346. The molecule has 0 saturated carbocycles. The van der Waals surface area contributed by atoms with Crippen molar-refractivity contribution in [1.82, 2.24) is 15.1 Å². The number of carbonyl (C=O) groups is 1. The molecule has 1 fully saturated rings. The van der Waals surface area contributed by atoms with Gasteiger partial charge < -0.3 is 15.0 Å². The summed E-state index contributed by atoms with van der Waals surface area (Å²) in [5.74, 6) is -0.788. The molecule has 3 heterocycles. The number of nitrogens with one attached hydrogen (secondary N) is 1. The molecule has 1 aromatic heterocycles. The molecule has 2 aliphatic rings. The van der Waals surface area contributed by atoms with Gasteiger partial charge in [0.25, 0.3) is 6.43 Å². The predicted octanol–water partition coefficient (Wildman–Crippen LogP) is 5.14. The molecule has 0 unspecified atom stereocenters. The van der Waals surface area contributed by atoms with Gasteiger partial charge in [-0.2, -0.15) is 10.2 Å². The first-order valence-corrected chi connectivity index (χ1v) is 11.6. The van der Waals surface area contributed by atoms with E-state index in [9.17, 15) is 18.0 Å². The van der Waals surface area contributed by atoms with Crippen LogP contribution in [0.1, 0.15) is 42.5 Å². The van der Waals surface area contributed by atoms with E-state index in [1.807, 2.05) is 23.1 Å². The van der Waals surface area contributed by atoms with Crippen LogP contribution in [-0.2, 0) is 9.53 Å². The number of benzene rings is 2. The number of carbonyl (C=O) groups excluding carboxylic acids is 1. The second kappa shape index (κ2) is 9.65. The Hall–Kier alpha value is -3.46. The number of nitrogens with zero attached hydrogens (tertiary/aromatic N) is 3. The number of hydrogen-bond donors (Lipinski definition) is 1. The van der Waals surface area contributed by atoms with Crippen molar-refractivity contribution in [1.29, 1.82) is 0 Å². The molecule has 2 aromatic carbocycles. The van der Waals surface area contributed by atoms with Crippen LogP contribution < -0.4 is 5.32 Å². The molecule has 5 rings (SSSR count). The second-order valence-electron chi connectivity index (χ2n) is 8.91. The lowest BCUT2D eigenvalue weighted by Gasteiger charge is -2.33. The number of aromatic nitrogens is 2. The van der Waals surface area contributed by atoms with Gasteiger partial charge in [0, 0.05) is 24.0 Å². The molecule has 6 nitrogen and oxygen atoms in total. The lowest BCUT2D eigenvalue weighted by atomic mass is 9.96. The third kappa shape index (κ3) is 4.60. The lowest BCUT2D eigenvalue weighted by Crippen LogP contribution is -2.46. The minimum atomic E-state index is -2.88. The fourth-order valence-corrected chi connectivity index (χ4v) is 4.52. The highest BCUT2D eigenvalue weighted by molar-refractivity contribution is 5.93. The van der Waals surface area contributed by atoms with E-state index in [1.54, 1.807) is 13.1 Å². The highest BCUT2D eigenvalue weighted by atomic mass is 19.3. The molecule has 9 heteroatoms. The van der Waals surface area contributed by atoms with E-state index in [1.165, 1.54) is 12.1 Å². The van der Waals surface area contributed by atoms with Gasteiger partial charge in [0.15, 0.2) is 0 Å². The zero-order valence-corrected chi connectivity index (χ0v) is 19.2. The number of alkyl halides is 2. The largest absolute Gasteiger partial charge is 0.380 e. The Morgan fingerprint density at radius 3 is 2.69 bits per heavy atom. The average molecular weight is 483 g/mol. The van der Waals surface area contributed by atoms with Crippen LogP contribution in [0.5, 0.6) is 0 Å². The summed E-state index contributed by atoms with van der Waals surface area (Å²) in [5, 5.41) is 12.2. The summed E-state index contributed by atoms with van der Waals surface area (Å²) in [6.45, 7) is 3.92. The van der Waals surface area contributed by atoms with E-state index in [0.717, 1.165) is 29.0 Å². The van der Waals surface area contributed by atoms with Gasteiger partial charge in [0.1, 0.15) is 5.82 Å². The van der Waals surface area contributed by atoms with Crippen molar-refractivity contribution in [2.24, 2.45) is 5.92 Å². The third-order valence-electron chi connectivity index (χ3n) is 6.65. The van der Waals surface area contributed by atoms with Gasteiger partial charge in [0.05, 0.1) is 48.1 Å². The minimum Gasteiger partial charge on any atom is -0.380 e. The molecular formula is C26H25F3N4O2. The van der Waals surface area contributed by atoms with Crippen molar-refractivity contribution in [2.45, 2.75) is 25.8 Å². The van der Waals surface area contributed by atoms with Crippen LogP contribution in [-0.4, -0.2) is 47.3 Å². The van der Waals surface area contributed by atoms with Crippen molar-refractivity contribution in [2.75, 3.05) is 31.6 Å². The molecule has 2 aliphatic heterocycles. The molecule has 0 spiro atoms. The Kier molecular flexibility index (Phi) is 6.42. The van der Waals surface area contributed by atoms with E-state index in [0.29, 0.717) is 37.5 Å². The Bertz CT molecular complexity index is 1290. The average Bonchev–Trinajstić information content (AvgIpc) is 2.83. The van der Waals surface area contributed by atoms with Crippen LogP contribution in [0.4, 0.5) is 18.9 Å². The minimum absolute atomic E-state index is 0.0222. The third-order valence-corrected chi connectivity index (χ3v) is 6.65. The molecule has 0 radical (unpaired) electrons. The van der Waals surface area contributed by atoms with Gasteiger partial charge >= 0.3 is 0 Å². The highest BCUT2D eigenvalue weighted by Crippen LogP contribution is 2.32. The van der Waals surface area contributed by atoms with Crippen molar-refractivity contribution in [3.8, 4) is 0 Å². The lowest BCUT2D eigenvalue weighted by molar-refractivity contribution is -0.149. The molecule has 3 aromatic rings. The van der Waals surface area contributed by atoms with E-state index < -0.39 is 23.8 Å². The van der Waals surface area contributed by atoms with Crippen LogP contribution in [0, 0.1) is 11.7 Å². The monoisotopic (exact) mass is 482 g/mol. The standard InChI is InChI=1S/C26H25F3N4O2/c1-15(19-3-2-4-20(24(19)27)25(28)29)31-23-12-30-32-22-6-5-17(11-21(22)23)16-7-9-33(10-8-16)26(34)18-13-35-14-18/h2-7,11-12,15,18,25H,8-10,13-14H2,1H3,(H,31,32)/t15-/m1/s1. The number of hydrogen-bond acceptors (Lipinski definition) is 5. The summed E-state index contributed by atoms with van der Waals surface area (Å²) < 4.78 is 46.1. The second-order valence-corrected chi connectivity index (χ2v) is 8.91. The maximum atomic E-state index is 14.7. The first-order chi connectivity index (χ1) is 16.9. The number of fused-ring (bicyclic) bond motifs is 1. The summed E-state index contributed by atoms with van der Waals surface area (Å²) in [6.07, 6.45) is 1.46. The first kappa shape index (κ1) is 23.3. The SMILES string of the molecule is C[C@@H](Nc1cnnc2ccc(C3=CCN(C(=O)C4COC4)CC3)cc12)c1cccc(C(F)F)c1F. The molecule has 182 valence electrons. The van der Waals surface area contributed by atoms with Crippen LogP contribution in [0.25, 0.3) is 16.5 Å². The molecule has 1 saturated heterocycles. The van der Waals surface area contributed by atoms with Gasteiger partial charge in [0.2, 0.25) is 5.91 Å². The summed E-state index contributed by atoms with van der Waals surface area (Å²) in [6, 6.07) is 9.28. The maximum Gasteiger partial charge on any atom is 0.266 e. The first-order valence-electron chi connectivity index (χ1n) is 11.6. The molecule has 1 amide bonds. The zero-order chi connectivity index (χ0) is 24.5. The fourth-order valence-electron chi connectivity index (χ4n) is 4.52. The normalized spacial score (nSPS) is 17.3.